The Morgan fingerprint density at radius 1 is 1.03 bits per heavy atom. The first-order valence-electron chi connectivity index (χ1n) is 8.75. The SMILES string of the molecule is COC(=O)/C=C\C(=O)c1ccc(ON(C(C)=O)c2nc3ccccc3s2)c(OC)c1. The second-order valence-corrected chi connectivity index (χ2v) is 6.96. The Balaban J connectivity index is 1.88. The minimum atomic E-state index is -0.636. The molecule has 0 unspecified atom stereocenters. The zero-order valence-corrected chi connectivity index (χ0v) is 17.3. The summed E-state index contributed by atoms with van der Waals surface area (Å²) >= 11 is 1.31. The molecule has 2 aromatic carbocycles. The number of hydrogen-bond acceptors (Lipinski definition) is 8. The minimum absolute atomic E-state index is 0.223. The second-order valence-electron chi connectivity index (χ2n) is 5.96. The first-order chi connectivity index (χ1) is 14.4. The highest BCUT2D eigenvalue weighted by Gasteiger charge is 2.21. The molecule has 154 valence electrons. The van der Waals surface area contributed by atoms with Crippen molar-refractivity contribution in [3.8, 4) is 11.5 Å². The third kappa shape index (κ3) is 4.64. The standard InChI is InChI=1S/C21H18N2O6S/c1-13(24)23(21-22-15-6-4-5-7-19(15)30-21)29-17-10-8-14(12-18(17)27-2)16(25)9-11-20(26)28-3/h4-12H,1-3H3/b11-9-. The lowest BCUT2D eigenvalue weighted by atomic mass is 10.1. The molecule has 8 nitrogen and oxygen atoms in total. The molecular weight excluding hydrogens is 408 g/mol. The average molecular weight is 426 g/mol. The lowest BCUT2D eigenvalue weighted by molar-refractivity contribution is -0.134. The van der Waals surface area contributed by atoms with Gasteiger partial charge in [0.25, 0.3) is 5.91 Å². The maximum atomic E-state index is 12.2. The van der Waals surface area contributed by atoms with Crippen molar-refractivity contribution in [2.75, 3.05) is 19.3 Å². The number of para-hydroxylation sites is 1. The molecule has 30 heavy (non-hydrogen) atoms. The Kier molecular flexibility index (Phi) is 6.43. The molecule has 1 aromatic heterocycles. The van der Waals surface area contributed by atoms with Gasteiger partial charge in [-0.05, 0) is 36.4 Å². The maximum Gasteiger partial charge on any atom is 0.330 e. The van der Waals surface area contributed by atoms with E-state index in [2.05, 4.69) is 9.72 Å². The predicted octanol–water partition coefficient (Wildman–Crippen LogP) is 3.56. The van der Waals surface area contributed by atoms with Crippen LogP contribution in [0.4, 0.5) is 5.13 Å². The highest BCUT2D eigenvalue weighted by atomic mass is 32.1. The topological polar surface area (TPSA) is 95.0 Å². The van der Waals surface area contributed by atoms with Crippen molar-refractivity contribution in [1.82, 2.24) is 4.98 Å². The van der Waals surface area contributed by atoms with E-state index in [1.807, 2.05) is 24.3 Å². The number of carbonyl (C=O) groups excluding carboxylic acids is 3. The smallest absolute Gasteiger partial charge is 0.330 e. The quantitative estimate of drug-likeness (QED) is 0.247. The zero-order valence-electron chi connectivity index (χ0n) is 16.4. The summed E-state index contributed by atoms with van der Waals surface area (Å²) in [5.41, 5.74) is 1.02. The number of anilines is 1. The van der Waals surface area contributed by atoms with Gasteiger partial charge in [-0.2, -0.15) is 0 Å². The molecule has 0 aliphatic carbocycles. The number of methoxy groups -OCH3 is 2. The average Bonchev–Trinajstić information content (AvgIpc) is 3.18. The van der Waals surface area contributed by atoms with E-state index in [-0.39, 0.29) is 23.0 Å². The van der Waals surface area contributed by atoms with E-state index in [4.69, 9.17) is 9.57 Å². The van der Waals surface area contributed by atoms with Crippen molar-refractivity contribution < 1.29 is 28.7 Å². The summed E-state index contributed by atoms with van der Waals surface area (Å²) in [6, 6.07) is 11.9. The van der Waals surface area contributed by atoms with Crippen LogP contribution in [0, 0.1) is 0 Å². The van der Waals surface area contributed by atoms with Gasteiger partial charge in [0.05, 0.1) is 24.4 Å². The summed E-state index contributed by atoms with van der Waals surface area (Å²) in [7, 11) is 2.63. The summed E-state index contributed by atoms with van der Waals surface area (Å²) in [6.45, 7) is 1.36. The molecule has 0 saturated heterocycles. The van der Waals surface area contributed by atoms with Crippen LogP contribution in [0.5, 0.6) is 11.5 Å². The van der Waals surface area contributed by atoms with Crippen LogP contribution in [0.1, 0.15) is 17.3 Å². The summed E-state index contributed by atoms with van der Waals surface area (Å²) in [4.78, 5) is 45.8. The van der Waals surface area contributed by atoms with Crippen molar-refractivity contribution in [1.29, 1.82) is 0 Å². The fraction of sp³-hybridized carbons (Fsp3) is 0.143. The zero-order chi connectivity index (χ0) is 21.7. The predicted molar refractivity (Wildman–Crippen MR) is 112 cm³/mol. The van der Waals surface area contributed by atoms with Gasteiger partial charge in [-0.25, -0.2) is 9.78 Å². The molecule has 0 atom stereocenters. The van der Waals surface area contributed by atoms with Gasteiger partial charge in [0.1, 0.15) is 0 Å². The molecule has 3 rings (SSSR count). The van der Waals surface area contributed by atoms with Crippen molar-refractivity contribution in [3.05, 3.63) is 60.2 Å². The summed E-state index contributed by atoms with van der Waals surface area (Å²) in [6.07, 6.45) is 2.13. The number of ketones is 1. The van der Waals surface area contributed by atoms with Gasteiger partial charge in [-0.15, -0.1) is 5.06 Å². The van der Waals surface area contributed by atoms with Crippen molar-refractivity contribution in [2.45, 2.75) is 6.92 Å². The Labute approximate surface area is 176 Å². The largest absolute Gasteiger partial charge is 0.493 e. The first-order valence-corrected chi connectivity index (χ1v) is 9.57. The number of fused-ring (bicyclic) bond motifs is 1. The van der Waals surface area contributed by atoms with E-state index in [9.17, 15) is 14.4 Å². The first kappa shape index (κ1) is 21.0. The molecule has 0 spiro atoms. The van der Waals surface area contributed by atoms with Crippen LogP contribution in [0.25, 0.3) is 10.2 Å². The lowest BCUT2D eigenvalue weighted by Gasteiger charge is -2.19. The molecule has 0 fully saturated rings. The molecule has 1 heterocycles. The van der Waals surface area contributed by atoms with Crippen LogP contribution in [-0.2, 0) is 14.3 Å². The number of allylic oxidation sites excluding steroid dienone is 1. The number of carbonyl (C=O) groups is 3. The Morgan fingerprint density at radius 3 is 2.47 bits per heavy atom. The van der Waals surface area contributed by atoms with E-state index in [1.54, 1.807) is 0 Å². The number of rotatable bonds is 7. The molecule has 1 amide bonds. The highest BCUT2D eigenvalue weighted by molar-refractivity contribution is 7.22. The van der Waals surface area contributed by atoms with E-state index < -0.39 is 11.8 Å². The van der Waals surface area contributed by atoms with Gasteiger partial charge >= 0.3 is 5.97 Å². The van der Waals surface area contributed by atoms with E-state index in [1.165, 1.54) is 50.7 Å². The van der Waals surface area contributed by atoms with Gasteiger partial charge in [0, 0.05) is 18.6 Å². The van der Waals surface area contributed by atoms with Crippen LogP contribution in [0.2, 0.25) is 0 Å². The number of aromatic nitrogens is 1. The van der Waals surface area contributed by atoms with Crippen LogP contribution in [0.3, 0.4) is 0 Å². The van der Waals surface area contributed by atoms with Crippen molar-refractivity contribution >= 4 is 44.3 Å². The van der Waals surface area contributed by atoms with Gasteiger partial charge < -0.3 is 14.3 Å². The fourth-order valence-electron chi connectivity index (χ4n) is 2.49. The Bertz CT molecular complexity index is 1100. The number of hydroxylamine groups is 1. The Morgan fingerprint density at radius 2 is 1.80 bits per heavy atom. The monoisotopic (exact) mass is 426 g/mol. The number of amides is 1. The molecular formula is C21H18N2O6S. The summed E-state index contributed by atoms with van der Waals surface area (Å²) < 4.78 is 10.7. The number of esters is 1. The summed E-state index contributed by atoms with van der Waals surface area (Å²) in [5.74, 6) is -0.972. The number of benzene rings is 2. The Hall–Kier alpha value is -3.72. The van der Waals surface area contributed by atoms with Crippen molar-refractivity contribution in [2.24, 2.45) is 0 Å². The third-order valence-corrected chi connectivity index (χ3v) is 4.96. The molecule has 0 saturated carbocycles. The lowest BCUT2D eigenvalue weighted by Crippen LogP contribution is -2.32. The van der Waals surface area contributed by atoms with Crippen LogP contribution in [0.15, 0.2) is 54.6 Å². The number of ether oxygens (including phenoxy) is 2. The van der Waals surface area contributed by atoms with Gasteiger partial charge in [-0.3, -0.25) is 9.59 Å². The normalized spacial score (nSPS) is 10.8. The molecule has 3 aromatic rings. The van der Waals surface area contributed by atoms with Crippen LogP contribution < -0.4 is 14.6 Å². The molecule has 0 bridgehead atoms. The maximum absolute atomic E-state index is 12.2. The molecule has 0 radical (unpaired) electrons. The summed E-state index contributed by atoms with van der Waals surface area (Å²) in [5, 5.41) is 1.44. The molecule has 0 aliphatic heterocycles. The van der Waals surface area contributed by atoms with Gasteiger partial charge in [0.15, 0.2) is 17.3 Å². The van der Waals surface area contributed by atoms with Crippen LogP contribution >= 0.6 is 11.3 Å². The number of thiazole rings is 1. The number of hydrogen-bond donors (Lipinski definition) is 0. The van der Waals surface area contributed by atoms with E-state index in [0.717, 1.165) is 27.4 Å². The van der Waals surface area contributed by atoms with E-state index >= 15 is 0 Å². The van der Waals surface area contributed by atoms with Crippen LogP contribution in [-0.4, -0.2) is 36.9 Å². The van der Waals surface area contributed by atoms with Gasteiger partial charge in [-0.1, -0.05) is 23.5 Å². The molecule has 9 heteroatoms. The third-order valence-electron chi connectivity index (χ3n) is 3.95. The highest BCUT2D eigenvalue weighted by Crippen LogP contribution is 2.33. The van der Waals surface area contributed by atoms with E-state index in [0.29, 0.717) is 5.13 Å². The fourth-order valence-corrected chi connectivity index (χ4v) is 3.44. The number of nitrogens with zero attached hydrogens (tertiary/aromatic N) is 2. The van der Waals surface area contributed by atoms with Crippen molar-refractivity contribution in [3.63, 3.8) is 0 Å². The van der Waals surface area contributed by atoms with Gasteiger partial charge in [0.2, 0.25) is 5.13 Å². The second kappa shape index (κ2) is 9.19. The minimum Gasteiger partial charge on any atom is -0.493 e. The molecule has 0 N–H and O–H groups in total. The molecule has 0 aliphatic rings.